The van der Waals surface area contributed by atoms with Crippen LogP contribution in [-0.2, 0) is 4.79 Å². The molecule has 0 aliphatic carbocycles. The van der Waals surface area contributed by atoms with Gasteiger partial charge in [-0.2, -0.15) is 0 Å². The van der Waals surface area contributed by atoms with Crippen LogP contribution in [0.3, 0.4) is 0 Å². The van der Waals surface area contributed by atoms with Crippen molar-refractivity contribution in [2.24, 2.45) is 0 Å². The smallest absolute Gasteiger partial charge is 0.230 e. The number of benzene rings is 2. The van der Waals surface area contributed by atoms with Gasteiger partial charge in [0.05, 0.1) is 22.5 Å². The molecule has 3 rings (SSSR count). The fourth-order valence-corrected chi connectivity index (χ4v) is 3.98. The van der Waals surface area contributed by atoms with E-state index in [1.807, 2.05) is 48.5 Å². The highest BCUT2D eigenvalue weighted by Crippen LogP contribution is 2.30. The van der Waals surface area contributed by atoms with Gasteiger partial charge in [-0.15, -0.1) is 11.3 Å². The van der Waals surface area contributed by atoms with Crippen LogP contribution in [0, 0.1) is 0 Å². The van der Waals surface area contributed by atoms with Crippen molar-refractivity contribution in [2.75, 3.05) is 24.6 Å². The van der Waals surface area contributed by atoms with Gasteiger partial charge in [0.2, 0.25) is 5.91 Å². The number of aromatic nitrogens is 1. The molecule has 1 aromatic heterocycles. The van der Waals surface area contributed by atoms with Crippen LogP contribution in [0.5, 0.6) is 5.75 Å². The number of nitrogen functional groups attached to an aromatic ring is 1. The molecule has 124 valence electrons. The molecule has 0 radical (unpaired) electrons. The lowest BCUT2D eigenvalue weighted by atomic mass is 10.3. The van der Waals surface area contributed by atoms with Crippen LogP contribution in [0.2, 0.25) is 0 Å². The number of para-hydroxylation sites is 1. The third-order valence-corrected chi connectivity index (χ3v) is 5.32. The molecule has 1 heterocycles. The summed E-state index contributed by atoms with van der Waals surface area (Å²) in [6, 6.07) is 15.2. The molecule has 0 atom stereocenters. The Balaban J connectivity index is 1.40. The van der Waals surface area contributed by atoms with Gasteiger partial charge in [0.15, 0.2) is 4.34 Å². The summed E-state index contributed by atoms with van der Waals surface area (Å²) in [6.07, 6.45) is 0. The van der Waals surface area contributed by atoms with Gasteiger partial charge in [0.25, 0.3) is 0 Å². The lowest BCUT2D eigenvalue weighted by Gasteiger charge is -2.07. The van der Waals surface area contributed by atoms with Gasteiger partial charge in [0, 0.05) is 5.69 Å². The SMILES string of the molecule is Nc1ccc2nc(SCC(=O)NCCOc3ccccc3)sc2c1. The quantitative estimate of drug-likeness (QED) is 0.385. The zero-order valence-corrected chi connectivity index (χ0v) is 14.5. The molecule has 3 N–H and O–H groups in total. The fourth-order valence-electron chi connectivity index (χ4n) is 2.04. The second-order valence-corrected chi connectivity index (χ2v) is 7.26. The topological polar surface area (TPSA) is 77.2 Å². The molecule has 0 spiro atoms. The van der Waals surface area contributed by atoms with E-state index < -0.39 is 0 Å². The molecule has 7 heteroatoms. The summed E-state index contributed by atoms with van der Waals surface area (Å²) in [7, 11) is 0. The van der Waals surface area contributed by atoms with Crippen molar-refractivity contribution < 1.29 is 9.53 Å². The molecule has 3 aromatic rings. The summed E-state index contributed by atoms with van der Waals surface area (Å²) in [5, 5.41) is 2.84. The van der Waals surface area contributed by atoms with E-state index in [1.165, 1.54) is 11.8 Å². The van der Waals surface area contributed by atoms with Crippen LogP contribution >= 0.6 is 23.1 Å². The van der Waals surface area contributed by atoms with E-state index in [4.69, 9.17) is 10.5 Å². The van der Waals surface area contributed by atoms with Crippen molar-refractivity contribution in [3.63, 3.8) is 0 Å². The molecular weight excluding hydrogens is 342 g/mol. The van der Waals surface area contributed by atoms with Crippen LogP contribution in [0.4, 0.5) is 5.69 Å². The largest absolute Gasteiger partial charge is 0.492 e. The van der Waals surface area contributed by atoms with E-state index in [1.54, 1.807) is 11.3 Å². The zero-order chi connectivity index (χ0) is 16.8. The highest BCUT2D eigenvalue weighted by Gasteiger charge is 2.08. The number of thioether (sulfide) groups is 1. The summed E-state index contributed by atoms with van der Waals surface area (Å²) in [6.45, 7) is 0.922. The normalized spacial score (nSPS) is 10.7. The molecule has 0 saturated carbocycles. The Morgan fingerprint density at radius 2 is 2.08 bits per heavy atom. The maximum absolute atomic E-state index is 11.9. The summed E-state index contributed by atoms with van der Waals surface area (Å²) in [5.41, 5.74) is 7.39. The average molecular weight is 359 g/mol. The van der Waals surface area contributed by atoms with Crippen LogP contribution in [-0.4, -0.2) is 29.8 Å². The van der Waals surface area contributed by atoms with Crippen molar-refractivity contribution in [2.45, 2.75) is 4.34 Å². The van der Waals surface area contributed by atoms with Crippen molar-refractivity contribution in [3.8, 4) is 5.75 Å². The second kappa shape index (κ2) is 8.03. The lowest BCUT2D eigenvalue weighted by Crippen LogP contribution is -2.29. The molecular formula is C17H17N3O2S2. The third kappa shape index (κ3) is 4.62. The highest BCUT2D eigenvalue weighted by atomic mass is 32.2. The molecule has 24 heavy (non-hydrogen) atoms. The Labute approximate surface area is 148 Å². The Morgan fingerprint density at radius 1 is 1.25 bits per heavy atom. The molecule has 0 aliphatic rings. The van der Waals surface area contributed by atoms with Gasteiger partial charge in [-0.05, 0) is 30.3 Å². The van der Waals surface area contributed by atoms with Crippen LogP contribution in [0.15, 0.2) is 52.9 Å². The van der Waals surface area contributed by atoms with Crippen LogP contribution < -0.4 is 15.8 Å². The number of thiazole rings is 1. The van der Waals surface area contributed by atoms with Gasteiger partial charge in [-0.25, -0.2) is 4.98 Å². The number of carbonyl (C=O) groups excluding carboxylic acids is 1. The fraction of sp³-hybridized carbons (Fsp3) is 0.176. The number of fused-ring (bicyclic) bond motifs is 1. The first-order valence-electron chi connectivity index (χ1n) is 7.44. The predicted octanol–water partition coefficient (Wildman–Crippen LogP) is 3.17. The van der Waals surface area contributed by atoms with Crippen molar-refractivity contribution in [1.29, 1.82) is 0 Å². The Bertz CT molecular complexity index is 821. The number of rotatable bonds is 7. The number of anilines is 1. The van der Waals surface area contributed by atoms with Crippen molar-refractivity contribution >= 4 is 44.9 Å². The van der Waals surface area contributed by atoms with E-state index in [-0.39, 0.29) is 5.91 Å². The summed E-state index contributed by atoms with van der Waals surface area (Å²) < 4.78 is 7.43. The molecule has 0 saturated heterocycles. The standard InChI is InChI=1S/C17H17N3O2S2/c18-12-6-7-14-15(10-12)24-17(20-14)23-11-16(21)19-8-9-22-13-4-2-1-3-5-13/h1-7,10H,8-9,11,18H2,(H,19,21). The predicted molar refractivity (Wildman–Crippen MR) is 99.7 cm³/mol. The van der Waals surface area contributed by atoms with Crippen molar-refractivity contribution in [1.82, 2.24) is 10.3 Å². The number of hydrogen-bond donors (Lipinski definition) is 2. The number of amides is 1. The van der Waals surface area contributed by atoms with Gasteiger partial charge < -0.3 is 15.8 Å². The van der Waals surface area contributed by atoms with Gasteiger partial charge in [-0.1, -0.05) is 30.0 Å². The number of hydrogen-bond acceptors (Lipinski definition) is 6. The van der Waals surface area contributed by atoms with E-state index in [2.05, 4.69) is 10.3 Å². The number of ether oxygens (including phenoxy) is 1. The molecule has 5 nitrogen and oxygen atoms in total. The number of nitrogens with zero attached hydrogens (tertiary/aromatic N) is 1. The number of nitrogens with one attached hydrogen (secondary N) is 1. The molecule has 0 bridgehead atoms. The molecule has 1 amide bonds. The van der Waals surface area contributed by atoms with E-state index in [0.717, 1.165) is 26.0 Å². The van der Waals surface area contributed by atoms with E-state index >= 15 is 0 Å². The summed E-state index contributed by atoms with van der Waals surface area (Å²) >= 11 is 2.97. The van der Waals surface area contributed by atoms with E-state index in [9.17, 15) is 4.79 Å². The first-order valence-corrected chi connectivity index (χ1v) is 9.24. The first kappa shape index (κ1) is 16.6. The maximum Gasteiger partial charge on any atom is 0.230 e. The highest BCUT2D eigenvalue weighted by molar-refractivity contribution is 8.01. The molecule has 2 aromatic carbocycles. The van der Waals surface area contributed by atoms with Crippen LogP contribution in [0.1, 0.15) is 0 Å². The Morgan fingerprint density at radius 3 is 2.92 bits per heavy atom. The lowest BCUT2D eigenvalue weighted by molar-refractivity contribution is -0.118. The number of nitrogens with two attached hydrogens (primary N) is 1. The minimum Gasteiger partial charge on any atom is -0.492 e. The van der Waals surface area contributed by atoms with Gasteiger partial charge in [-0.3, -0.25) is 4.79 Å². The molecule has 0 aliphatic heterocycles. The van der Waals surface area contributed by atoms with Gasteiger partial charge >= 0.3 is 0 Å². The summed E-state index contributed by atoms with van der Waals surface area (Å²) in [5.74, 6) is 1.10. The maximum atomic E-state index is 11.9. The van der Waals surface area contributed by atoms with Crippen molar-refractivity contribution in [3.05, 3.63) is 48.5 Å². The minimum atomic E-state index is -0.0320. The average Bonchev–Trinajstić information content (AvgIpc) is 3.00. The van der Waals surface area contributed by atoms with Gasteiger partial charge in [0.1, 0.15) is 12.4 Å². The number of carbonyl (C=O) groups is 1. The monoisotopic (exact) mass is 359 g/mol. The second-order valence-electron chi connectivity index (χ2n) is 5.01. The third-order valence-electron chi connectivity index (χ3n) is 3.16. The molecule has 0 unspecified atom stereocenters. The van der Waals surface area contributed by atoms with E-state index in [0.29, 0.717) is 18.9 Å². The molecule has 0 fully saturated rings. The van der Waals surface area contributed by atoms with Crippen LogP contribution in [0.25, 0.3) is 10.2 Å². The summed E-state index contributed by atoms with van der Waals surface area (Å²) in [4.78, 5) is 16.3. The first-order chi connectivity index (χ1) is 11.7. The zero-order valence-electron chi connectivity index (χ0n) is 12.9. The Kier molecular flexibility index (Phi) is 5.55. The Hall–Kier alpha value is -2.25. The minimum absolute atomic E-state index is 0.0320.